The molecule has 0 fully saturated rings. The molecule has 2 aromatic rings. The molecular formula is C11H10ClN3O2S. The van der Waals surface area contributed by atoms with E-state index in [1.165, 1.54) is 25.5 Å². The molecule has 0 saturated heterocycles. The summed E-state index contributed by atoms with van der Waals surface area (Å²) in [5.74, 6) is 0. The summed E-state index contributed by atoms with van der Waals surface area (Å²) in [5.41, 5.74) is 0.310. The Balaban J connectivity index is 2.47. The number of rotatable bonds is 3. The summed E-state index contributed by atoms with van der Waals surface area (Å²) in [4.78, 5) is 7.68. The Morgan fingerprint density at radius 2 is 1.83 bits per heavy atom. The third-order valence-electron chi connectivity index (χ3n) is 2.34. The van der Waals surface area contributed by atoms with Gasteiger partial charge in [-0.15, -0.1) is 0 Å². The fraction of sp³-hybridized carbons (Fsp3) is 0.0909. The molecule has 0 N–H and O–H groups in total. The number of hydrogen-bond donors (Lipinski definition) is 0. The van der Waals surface area contributed by atoms with E-state index in [-0.39, 0.29) is 10.2 Å². The minimum absolute atomic E-state index is 0.0348. The predicted octanol–water partition coefficient (Wildman–Crippen LogP) is 1.96. The second-order valence-electron chi connectivity index (χ2n) is 3.45. The first-order valence-electron chi connectivity index (χ1n) is 5.04. The van der Waals surface area contributed by atoms with Crippen molar-refractivity contribution in [1.82, 2.24) is 9.97 Å². The molecule has 0 unspecified atom stereocenters. The zero-order valence-corrected chi connectivity index (χ0v) is 11.1. The molecule has 0 bridgehead atoms. The van der Waals surface area contributed by atoms with E-state index in [0.29, 0.717) is 5.69 Å². The summed E-state index contributed by atoms with van der Waals surface area (Å²) in [6, 6.07) is 7.88. The van der Waals surface area contributed by atoms with Crippen molar-refractivity contribution in [3.05, 3.63) is 47.9 Å². The van der Waals surface area contributed by atoms with Crippen molar-refractivity contribution < 1.29 is 8.42 Å². The van der Waals surface area contributed by atoms with Gasteiger partial charge in [0.25, 0.3) is 10.0 Å². The highest BCUT2D eigenvalue weighted by Gasteiger charge is 2.24. The monoisotopic (exact) mass is 283 g/mol. The molecule has 2 heterocycles. The fourth-order valence-electron chi connectivity index (χ4n) is 1.38. The second-order valence-corrected chi connectivity index (χ2v) is 5.73. The molecule has 0 aliphatic carbocycles. The molecule has 0 spiro atoms. The average Bonchev–Trinajstić information content (AvgIpc) is 2.39. The Bertz CT molecular complexity index is 646. The van der Waals surface area contributed by atoms with E-state index in [4.69, 9.17) is 11.6 Å². The number of sulfonamides is 1. The molecule has 7 heteroatoms. The summed E-state index contributed by atoms with van der Waals surface area (Å²) >= 11 is 5.87. The first-order valence-corrected chi connectivity index (χ1v) is 6.86. The average molecular weight is 284 g/mol. The standard InChI is InChI=1S/C11H10ClN3O2S/c1-15(9-5-4-8-14-11(9)12)18(16,17)10-6-2-3-7-13-10/h2-8H,1H3. The van der Waals surface area contributed by atoms with Crippen LogP contribution in [0.1, 0.15) is 0 Å². The van der Waals surface area contributed by atoms with Gasteiger partial charge in [0.05, 0.1) is 5.69 Å². The molecule has 0 amide bonds. The molecule has 0 radical (unpaired) electrons. The van der Waals surface area contributed by atoms with Crippen LogP contribution in [0, 0.1) is 0 Å². The smallest absolute Gasteiger partial charge is 0.265 e. The number of anilines is 1. The van der Waals surface area contributed by atoms with Gasteiger partial charge < -0.3 is 0 Å². The first kappa shape index (κ1) is 12.8. The maximum absolute atomic E-state index is 12.3. The quantitative estimate of drug-likeness (QED) is 0.808. The molecule has 18 heavy (non-hydrogen) atoms. The van der Waals surface area contributed by atoms with Crippen molar-refractivity contribution in [2.45, 2.75) is 5.03 Å². The highest BCUT2D eigenvalue weighted by Crippen LogP contribution is 2.26. The Labute approximate surface area is 110 Å². The molecular weight excluding hydrogens is 274 g/mol. The predicted molar refractivity (Wildman–Crippen MR) is 69.1 cm³/mol. The lowest BCUT2D eigenvalue weighted by Crippen LogP contribution is -2.27. The number of pyridine rings is 2. The molecule has 94 valence electrons. The normalized spacial score (nSPS) is 11.2. The van der Waals surface area contributed by atoms with E-state index in [1.807, 2.05) is 0 Å². The zero-order valence-electron chi connectivity index (χ0n) is 9.49. The lowest BCUT2D eigenvalue weighted by atomic mass is 10.4. The van der Waals surface area contributed by atoms with Gasteiger partial charge in [-0.3, -0.25) is 4.31 Å². The van der Waals surface area contributed by atoms with Gasteiger partial charge in [-0.1, -0.05) is 17.7 Å². The molecule has 2 aromatic heterocycles. The molecule has 2 rings (SSSR count). The molecule has 0 aliphatic heterocycles. The van der Waals surface area contributed by atoms with E-state index in [1.54, 1.807) is 24.3 Å². The third kappa shape index (κ3) is 2.30. The van der Waals surface area contributed by atoms with Gasteiger partial charge in [-0.2, -0.15) is 8.42 Å². The molecule has 0 atom stereocenters. The van der Waals surface area contributed by atoms with E-state index in [9.17, 15) is 8.42 Å². The van der Waals surface area contributed by atoms with Crippen molar-refractivity contribution in [2.24, 2.45) is 0 Å². The van der Waals surface area contributed by atoms with E-state index < -0.39 is 10.0 Å². The minimum Gasteiger partial charge on any atom is -0.265 e. The Hall–Kier alpha value is -1.66. The molecule has 0 saturated carbocycles. The molecule has 0 aliphatic rings. The van der Waals surface area contributed by atoms with Crippen LogP contribution in [-0.4, -0.2) is 25.4 Å². The maximum atomic E-state index is 12.3. The van der Waals surface area contributed by atoms with Gasteiger partial charge in [0.2, 0.25) is 0 Å². The number of nitrogens with zero attached hydrogens (tertiary/aromatic N) is 3. The highest BCUT2D eigenvalue weighted by molar-refractivity contribution is 7.92. The van der Waals surface area contributed by atoms with Crippen LogP contribution in [-0.2, 0) is 10.0 Å². The van der Waals surface area contributed by atoms with Crippen LogP contribution in [0.4, 0.5) is 5.69 Å². The van der Waals surface area contributed by atoms with E-state index >= 15 is 0 Å². The van der Waals surface area contributed by atoms with Gasteiger partial charge >= 0.3 is 0 Å². The Morgan fingerprint density at radius 1 is 1.11 bits per heavy atom. The van der Waals surface area contributed by atoms with Gasteiger partial charge in [0, 0.05) is 19.4 Å². The number of halogens is 1. The first-order chi connectivity index (χ1) is 8.53. The van der Waals surface area contributed by atoms with Crippen molar-refractivity contribution in [1.29, 1.82) is 0 Å². The summed E-state index contributed by atoms with van der Waals surface area (Å²) < 4.78 is 25.6. The van der Waals surface area contributed by atoms with Crippen molar-refractivity contribution >= 4 is 27.3 Å². The topological polar surface area (TPSA) is 63.2 Å². The molecule has 5 nitrogen and oxygen atoms in total. The van der Waals surface area contributed by atoms with Crippen molar-refractivity contribution in [2.75, 3.05) is 11.4 Å². The van der Waals surface area contributed by atoms with Crippen LogP contribution in [0.5, 0.6) is 0 Å². The van der Waals surface area contributed by atoms with Gasteiger partial charge in [0.15, 0.2) is 10.2 Å². The number of hydrogen-bond acceptors (Lipinski definition) is 4. The van der Waals surface area contributed by atoms with Crippen LogP contribution in [0.15, 0.2) is 47.8 Å². The lowest BCUT2D eigenvalue weighted by molar-refractivity contribution is 0.590. The largest absolute Gasteiger partial charge is 0.281 e. The second kappa shape index (κ2) is 4.91. The van der Waals surface area contributed by atoms with Crippen LogP contribution in [0.3, 0.4) is 0 Å². The van der Waals surface area contributed by atoms with Gasteiger partial charge in [-0.25, -0.2) is 9.97 Å². The van der Waals surface area contributed by atoms with E-state index in [0.717, 1.165) is 4.31 Å². The van der Waals surface area contributed by atoms with Crippen LogP contribution < -0.4 is 4.31 Å². The van der Waals surface area contributed by atoms with E-state index in [2.05, 4.69) is 9.97 Å². The van der Waals surface area contributed by atoms with Crippen molar-refractivity contribution in [3.8, 4) is 0 Å². The van der Waals surface area contributed by atoms with Crippen LogP contribution >= 0.6 is 11.6 Å². The van der Waals surface area contributed by atoms with Gasteiger partial charge in [-0.05, 0) is 24.3 Å². The third-order valence-corrected chi connectivity index (χ3v) is 4.32. The SMILES string of the molecule is CN(c1cccnc1Cl)S(=O)(=O)c1ccccn1. The summed E-state index contributed by atoms with van der Waals surface area (Å²) in [6.07, 6.45) is 2.92. The van der Waals surface area contributed by atoms with Crippen LogP contribution in [0.25, 0.3) is 0 Å². The zero-order chi connectivity index (χ0) is 13.2. The van der Waals surface area contributed by atoms with Gasteiger partial charge in [0.1, 0.15) is 0 Å². The summed E-state index contributed by atoms with van der Waals surface area (Å²) in [6.45, 7) is 0. The summed E-state index contributed by atoms with van der Waals surface area (Å²) in [5, 5.41) is 0.0897. The van der Waals surface area contributed by atoms with Crippen LogP contribution in [0.2, 0.25) is 5.15 Å². The highest BCUT2D eigenvalue weighted by atomic mass is 35.5. The fourth-order valence-corrected chi connectivity index (χ4v) is 2.81. The Morgan fingerprint density at radius 3 is 2.44 bits per heavy atom. The molecule has 0 aromatic carbocycles. The number of aromatic nitrogens is 2. The Kier molecular flexibility index (Phi) is 3.49. The maximum Gasteiger partial charge on any atom is 0.281 e. The van der Waals surface area contributed by atoms with Crippen molar-refractivity contribution in [3.63, 3.8) is 0 Å². The summed E-state index contributed by atoms with van der Waals surface area (Å²) in [7, 11) is -2.31. The lowest BCUT2D eigenvalue weighted by Gasteiger charge is -2.19. The minimum atomic E-state index is -3.72.